The van der Waals surface area contributed by atoms with Crippen molar-refractivity contribution in [2.45, 2.75) is 44.7 Å². The first-order valence-electron chi connectivity index (χ1n) is 12.6. The Bertz CT molecular complexity index is 1380. The topological polar surface area (TPSA) is 133 Å². The molecule has 2 amide bonds. The monoisotopic (exact) mass is 538 g/mol. The third-order valence-corrected chi connectivity index (χ3v) is 6.52. The van der Waals surface area contributed by atoms with E-state index in [0.717, 1.165) is 17.5 Å². The quantitative estimate of drug-likeness (QED) is 0.294. The lowest BCUT2D eigenvalue weighted by Gasteiger charge is -2.29. The average Bonchev–Trinajstić information content (AvgIpc) is 3.32. The molecule has 9 nitrogen and oxygen atoms in total. The van der Waals surface area contributed by atoms with Gasteiger partial charge in [0.25, 0.3) is 11.8 Å². The summed E-state index contributed by atoms with van der Waals surface area (Å²) < 4.78 is 29.1. The van der Waals surface area contributed by atoms with E-state index in [1.165, 1.54) is 12.3 Å². The van der Waals surface area contributed by atoms with Crippen molar-refractivity contribution in [2.24, 2.45) is 11.1 Å². The molecule has 4 N–H and O–H groups in total. The van der Waals surface area contributed by atoms with Crippen LogP contribution in [0.15, 0.2) is 59.9 Å². The minimum absolute atomic E-state index is 0.00580. The number of carbonyl (C=O) groups excluding carboxylic acids is 2. The maximum atomic E-state index is 14.6. The maximum Gasteiger partial charge on any atom is 0.475 e. The summed E-state index contributed by atoms with van der Waals surface area (Å²) in [4.78, 5) is 36.1. The van der Waals surface area contributed by atoms with E-state index < -0.39 is 48.5 Å². The number of halogens is 2. The average molecular weight is 538 g/mol. The van der Waals surface area contributed by atoms with Crippen LogP contribution in [0.1, 0.15) is 42.7 Å². The van der Waals surface area contributed by atoms with Gasteiger partial charge in [0.15, 0.2) is 0 Å². The van der Waals surface area contributed by atoms with Gasteiger partial charge in [-0.15, -0.1) is 0 Å². The van der Waals surface area contributed by atoms with E-state index in [4.69, 9.17) is 4.84 Å². The summed E-state index contributed by atoms with van der Waals surface area (Å²) in [5.41, 5.74) is -1.80. The Morgan fingerprint density at radius 2 is 1.82 bits per heavy atom. The predicted octanol–water partition coefficient (Wildman–Crippen LogP) is 2.54. The predicted molar refractivity (Wildman–Crippen MR) is 142 cm³/mol. The largest absolute Gasteiger partial charge is 0.475 e. The Labute approximate surface area is 224 Å². The molecule has 12 heteroatoms. The smallest absolute Gasteiger partial charge is 0.426 e. The zero-order chi connectivity index (χ0) is 28.2. The molecule has 2 aromatic carbocycles. The molecule has 0 bridgehead atoms. The molecule has 0 aliphatic carbocycles. The van der Waals surface area contributed by atoms with Gasteiger partial charge >= 0.3 is 7.12 Å². The molecular formula is C27H29BF2N4O5. The van der Waals surface area contributed by atoms with Gasteiger partial charge in [0.2, 0.25) is 5.60 Å². The number of benzene rings is 2. The van der Waals surface area contributed by atoms with Crippen LogP contribution < -0.4 is 10.6 Å². The van der Waals surface area contributed by atoms with E-state index in [1.54, 1.807) is 18.2 Å². The van der Waals surface area contributed by atoms with Gasteiger partial charge in [-0.25, -0.2) is 8.78 Å². The van der Waals surface area contributed by atoms with Crippen LogP contribution in [0.25, 0.3) is 10.8 Å². The number of pyridine rings is 1. The second-order valence-corrected chi connectivity index (χ2v) is 9.98. The molecule has 0 fully saturated rings. The van der Waals surface area contributed by atoms with Crippen LogP contribution in [0.4, 0.5) is 8.78 Å². The Hall–Kier alpha value is -3.90. The van der Waals surface area contributed by atoms with Crippen molar-refractivity contribution in [3.63, 3.8) is 0 Å². The van der Waals surface area contributed by atoms with Crippen LogP contribution in [0.3, 0.4) is 0 Å². The molecule has 0 saturated carbocycles. The van der Waals surface area contributed by atoms with Crippen LogP contribution >= 0.6 is 0 Å². The van der Waals surface area contributed by atoms with Gasteiger partial charge in [-0.1, -0.05) is 49.3 Å². The Morgan fingerprint density at radius 1 is 1.10 bits per heavy atom. The Kier molecular flexibility index (Phi) is 8.56. The Balaban J connectivity index is 1.54. The van der Waals surface area contributed by atoms with E-state index in [-0.39, 0.29) is 42.3 Å². The van der Waals surface area contributed by atoms with Crippen molar-refractivity contribution in [2.75, 3.05) is 6.54 Å². The minimum atomic E-state index is -1.88. The summed E-state index contributed by atoms with van der Waals surface area (Å²) in [5, 5.41) is 30.3. The number of carbonyl (C=O) groups is 2. The SMILES string of the molecule is CC(C)CC(NC(=O)C1(Cc2c(F)cccc2F)CC(CNC(=O)c2nccc3ccccc23)=NO1)B(O)O. The number of fused-ring (bicyclic) bond motifs is 1. The molecular weight excluding hydrogens is 509 g/mol. The van der Waals surface area contributed by atoms with Gasteiger partial charge in [-0.05, 0) is 35.9 Å². The lowest BCUT2D eigenvalue weighted by atomic mass is 9.74. The normalized spacial score (nSPS) is 17.5. The first-order valence-corrected chi connectivity index (χ1v) is 12.6. The fourth-order valence-electron chi connectivity index (χ4n) is 4.55. The van der Waals surface area contributed by atoms with Crippen molar-refractivity contribution in [1.82, 2.24) is 15.6 Å². The number of amides is 2. The summed E-state index contributed by atoms with van der Waals surface area (Å²) >= 11 is 0. The molecule has 2 unspecified atom stereocenters. The molecule has 0 radical (unpaired) electrons. The minimum Gasteiger partial charge on any atom is -0.426 e. The summed E-state index contributed by atoms with van der Waals surface area (Å²) in [5.74, 6) is -4.07. The number of nitrogens with one attached hydrogen (secondary N) is 2. The third kappa shape index (κ3) is 6.40. The number of aromatic nitrogens is 1. The van der Waals surface area contributed by atoms with E-state index in [0.29, 0.717) is 5.39 Å². The van der Waals surface area contributed by atoms with Gasteiger partial charge in [0, 0.05) is 30.0 Å². The molecule has 2 atom stereocenters. The standard InChI is InChI=1S/C27H29BF2N4O5/c1-16(2)12-23(28(37)38)33-26(36)27(14-20-21(29)8-5-9-22(20)30)13-18(34-39-27)15-32-25(35)24-19-7-4-3-6-17(19)10-11-31-24/h3-11,16,23,37-38H,12-15H2,1-2H3,(H,32,35)(H,33,36). The van der Waals surface area contributed by atoms with Crippen molar-refractivity contribution >= 4 is 35.4 Å². The highest BCUT2D eigenvalue weighted by molar-refractivity contribution is 6.43. The molecule has 39 heavy (non-hydrogen) atoms. The molecule has 1 aliphatic heterocycles. The molecule has 4 rings (SSSR count). The number of hydrogen-bond donors (Lipinski definition) is 4. The van der Waals surface area contributed by atoms with E-state index in [9.17, 15) is 28.4 Å². The van der Waals surface area contributed by atoms with Gasteiger partial charge in [-0.2, -0.15) is 0 Å². The first kappa shape index (κ1) is 28.1. The van der Waals surface area contributed by atoms with Crippen LogP contribution in [-0.2, 0) is 16.1 Å². The maximum absolute atomic E-state index is 14.6. The second kappa shape index (κ2) is 11.9. The lowest BCUT2D eigenvalue weighted by molar-refractivity contribution is -0.144. The fourth-order valence-corrected chi connectivity index (χ4v) is 4.55. The van der Waals surface area contributed by atoms with Crippen molar-refractivity contribution in [3.8, 4) is 0 Å². The molecule has 3 aromatic rings. The zero-order valence-electron chi connectivity index (χ0n) is 21.5. The fraction of sp³-hybridized carbons (Fsp3) is 0.333. The zero-order valence-corrected chi connectivity index (χ0v) is 21.5. The number of rotatable bonds is 10. The van der Waals surface area contributed by atoms with E-state index in [2.05, 4.69) is 20.8 Å². The molecule has 204 valence electrons. The van der Waals surface area contributed by atoms with Crippen molar-refractivity contribution < 1.29 is 33.3 Å². The number of oxime groups is 1. The van der Waals surface area contributed by atoms with E-state index in [1.807, 2.05) is 26.0 Å². The highest BCUT2D eigenvalue weighted by Gasteiger charge is 2.49. The summed E-state index contributed by atoms with van der Waals surface area (Å²) in [6.45, 7) is 3.57. The lowest BCUT2D eigenvalue weighted by Crippen LogP contribution is -2.56. The highest BCUT2D eigenvalue weighted by atomic mass is 19.1. The van der Waals surface area contributed by atoms with Crippen molar-refractivity contribution in [1.29, 1.82) is 0 Å². The summed E-state index contributed by atoms with van der Waals surface area (Å²) in [6.07, 6.45) is 1.04. The second-order valence-electron chi connectivity index (χ2n) is 9.98. The van der Waals surface area contributed by atoms with E-state index >= 15 is 0 Å². The first-order chi connectivity index (χ1) is 18.6. The summed E-state index contributed by atoms with van der Waals surface area (Å²) in [7, 11) is -1.87. The number of nitrogens with zero attached hydrogens (tertiary/aromatic N) is 2. The third-order valence-electron chi connectivity index (χ3n) is 6.52. The van der Waals surface area contributed by atoms with Gasteiger partial charge in [0.1, 0.15) is 17.3 Å². The molecule has 1 aliphatic rings. The van der Waals surface area contributed by atoms with Gasteiger partial charge in [-0.3, -0.25) is 14.6 Å². The van der Waals surface area contributed by atoms with Crippen LogP contribution in [0.2, 0.25) is 0 Å². The Morgan fingerprint density at radius 3 is 2.51 bits per heavy atom. The van der Waals surface area contributed by atoms with Crippen LogP contribution in [0, 0.1) is 17.6 Å². The van der Waals surface area contributed by atoms with Crippen LogP contribution in [0.5, 0.6) is 0 Å². The number of hydrogen-bond acceptors (Lipinski definition) is 7. The summed E-state index contributed by atoms with van der Waals surface area (Å²) in [6, 6.07) is 12.4. The van der Waals surface area contributed by atoms with Crippen LogP contribution in [-0.4, -0.2) is 57.8 Å². The molecule has 0 spiro atoms. The molecule has 0 saturated heterocycles. The van der Waals surface area contributed by atoms with Gasteiger partial charge < -0.3 is 25.5 Å². The van der Waals surface area contributed by atoms with Gasteiger partial charge in [0.05, 0.1) is 18.2 Å². The molecule has 1 aromatic heterocycles. The molecule has 2 heterocycles. The highest BCUT2D eigenvalue weighted by Crippen LogP contribution is 2.31. The van der Waals surface area contributed by atoms with Crippen molar-refractivity contribution in [3.05, 3.63) is 77.6 Å².